The third-order valence-electron chi connectivity index (χ3n) is 5.36. The molecule has 1 aromatic carbocycles. The highest BCUT2D eigenvalue weighted by atomic mass is 35.5. The van der Waals surface area contributed by atoms with E-state index in [1.54, 1.807) is 0 Å². The summed E-state index contributed by atoms with van der Waals surface area (Å²) in [6.07, 6.45) is 5.17. The zero-order chi connectivity index (χ0) is 15.9. The van der Waals surface area contributed by atoms with Gasteiger partial charge in [0.15, 0.2) is 0 Å². The molecule has 120 valence electrons. The zero-order valence-corrected chi connectivity index (χ0v) is 14.6. The lowest BCUT2D eigenvalue weighted by Gasteiger charge is -2.36. The fourth-order valence-corrected chi connectivity index (χ4v) is 5.11. The van der Waals surface area contributed by atoms with Gasteiger partial charge in [-0.3, -0.25) is 4.79 Å². The minimum Gasteiger partial charge on any atom is -0.337 e. The molecule has 0 N–H and O–H groups in total. The van der Waals surface area contributed by atoms with Gasteiger partial charge in [0.2, 0.25) is 5.91 Å². The Morgan fingerprint density at radius 1 is 1.13 bits per heavy atom. The molecule has 2 aromatic rings. The first-order chi connectivity index (χ1) is 11.2. The van der Waals surface area contributed by atoms with Crippen molar-refractivity contribution in [2.75, 3.05) is 6.54 Å². The summed E-state index contributed by atoms with van der Waals surface area (Å²) < 4.78 is 0. The van der Waals surface area contributed by atoms with E-state index < -0.39 is 0 Å². The summed E-state index contributed by atoms with van der Waals surface area (Å²) in [7, 11) is 0. The Kier molecular flexibility index (Phi) is 3.94. The van der Waals surface area contributed by atoms with Crippen LogP contribution in [0.4, 0.5) is 0 Å². The molecule has 1 saturated carbocycles. The summed E-state index contributed by atoms with van der Waals surface area (Å²) in [5.74, 6) is 0.314. The molecule has 1 aliphatic heterocycles. The predicted octanol–water partition coefficient (Wildman–Crippen LogP) is 4.80. The molecule has 0 spiro atoms. The number of fused-ring (bicyclic) bond motifs is 1. The van der Waals surface area contributed by atoms with Gasteiger partial charge in [-0.25, -0.2) is 0 Å². The quantitative estimate of drug-likeness (QED) is 0.765. The molecule has 4 heteroatoms. The Morgan fingerprint density at radius 2 is 1.87 bits per heavy atom. The Balaban J connectivity index is 1.65. The van der Waals surface area contributed by atoms with Gasteiger partial charge in [-0.15, -0.1) is 11.3 Å². The van der Waals surface area contributed by atoms with Crippen molar-refractivity contribution < 1.29 is 4.79 Å². The van der Waals surface area contributed by atoms with Gasteiger partial charge < -0.3 is 4.90 Å². The number of carbonyl (C=O) groups excluding carboxylic acids is 1. The van der Waals surface area contributed by atoms with Crippen molar-refractivity contribution in [2.24, 2.45) is 0 Å². The van der Waals surface area contributed by atoms with Gasteiger partial charge in [-0.05, 0) is 54.0 Å². The SMILES string of the molecule is O=C(N1CCc2sccc2C1)C1(c2ccc(Cl)cc2)CCCC1. The van der Waals surface area contributed by atoms with E-state index in [0.29, 0.717) is 5.91 Å². The summed E-state index contributed by atoms with van der Waals surface area (Å²) in [5.41, 5.74) is 2.14. The van der Waals surface area contributed by atoms with Crippen LogP contribution in [0.3, 0.4) is 0 Å². The van der Waals surface area contributed by atoms with Crippen molar-refractivity contribution in [2.45, 2.75) is 44.1 Å². The molecule has 2 heterocycles. The minimum atomic E-state index is -0.335. The second-order valence-corrected chi connectivity index (χ2v) is 8.08. The molecule has 0 atom stereocenters. The van der Waals surface area contributed by atoms with E-state index >= 15 is 0 Å². The summed E-state index contributed by atoms with van der Waals surface area (Å²) in [6.45, 7) is 1.62. The van der Waals surface area contributed by atoms with Crippen LogP contribution in [0, 0.1) is 0 Å². The Labute approximate surface area is 146 Å². The van der Waals surface area contributed by atoms with Crippen molar-refractivity contribution in [1.82, 2.24) is 4.90 Å². The third-order valence-corrected chi connectivity index (χ3v) is 6.63. The molecule has 0 saturated heterocycles. The highest BCUT2D eigenvalue weighted by Gasteiger charge is 2.45. The highest BCUT2D eigenvalue weighted by molar-refractivity contribution is 7.10. The van der Waals surface area contributed by atoms with E-state index in [9.17, 15) is 4.79 Å². The molecule has 1 aromatic heterocycles. The van der Waals surface area contributed by atoms with Gasteiger partial charge in [0, 0.05) is 23.0 Å². The van der Waals surface area contributed by atoms with Crippen molar-refractivity contribution in [3.05, 3.63) is 56.7 Å². The van der Waals surface area contributed by atoms with Gasteiger partial charge in [-0.2, -0.15) is 0 Å². The van der Waals surface area contributed by atoms with Crippen LogP contribution < -0.4 is 0 Å². The Morgan fingerprint density at radius 3 is 2.61 bits per heavy atom. The Hall–Kier alpha value is -1.32. The van der Waals surface area contributed by atoms with E-state index in [1.165, 1.54) is 10.4 Å². The van der Waals surface area contributed by atoms with Crippen molar-refractivity contribution in [1.29, 1.82) is 0 Å². The maximum absolute atomic E-state index is 13.4. The summed E-state index contributed by atoms with van der Waals surface area (Å²) in [5, 5.41) is 2.87. The summed E-state index contributed by atoms with van der Waals surface area (Å²) >= 11 is 7.86. The summed E-state index contributed by atoms with van der Waals surface area (Å²) in [6, 6.07) is 10.1. The number of rotatable bonds is 2. The van der Waals surface area contributed by atoms with Crippen LogP contribution in [0.25, 0.3) is 0 Å². The van der Waals surface area contributed by atoms with Crippen LogP contribution >= 0.6 is 22.9 Å². The topological polar surface area (TPSA) is 20.3 Å². The van der Waals surface area contributed by atoms with Crippen molar-refractivity contribution in [3.63, 3.8) is 0 Å². The van der Waals surface area contributed by atoms with Crippen molar-refractivity contribution >= 4 is 28.8 Å². The first kappa shape index (κ1) is 15.2. The molecule has 4 rings (SSSR count). The molecule has 2 aliphatic rings. The molecular weight excluding hydrogens is 326 g/mol. The fraction of sp³-hybridized carbons (Fsp3) is 0.421. The molecule has 2 nitrogen and oxygen atoms in total. The molecule has 1 amide bonds. The molecular formula is C19H20ClNOS. The first-order valence-electron chi connectivity index (χ1n) is 8.30. The van der Waals surface area contributed by atoms with E-state index in [2.05, 4.69) is 16.3 Å². The minimum absolute atomic E-state index is 0.314. The summed E-state index contributed by atoms with van der Waals surface area (Å²) in [4.78, 5) is 17.0. The van der Waals surface area contributed by atoms with E-state index in [1.807, 2.05) is 35.6 Å². The lowest BCUT2D eigenvalue weighted by molar-refractivity contribution is -0.138. The maximum Gasteiger partial charge on any atom is 0.233 e. The normalized spacial score (nSPS) is 19.6. The molecule has 1 fully saturated rings. The Bertz CT molecular complexity index is 715. The molecule has 23 heavy (non-hydrogen) atoms. The lowest BCUT2D eigenvalue weighted by atomic mass is 9.77. The number of carbonyl (C=O) groups is 1. The average molecular weight is 346 g/mol. The molecule has 0 radical (unpaired) electrons. The van der Waals surface area contributed by atoms with Gasteiger partial charge in [-0.1, -0.05) is 36.6 Å². The number of amides is 1. The van der Waals surface area contributed by atoms with Gasteiger partial charge in [0.25, 0.3) is 0 Å². The zero-order valence-electron chi connectivity index (χ0n) is 13.1. The number of halogens is 1. The number of benzene rings is 1. The molecule has 1 aliphatic carbocycles. The smallest absolute Gasteiger partial charge is 0.233 e. The number of nitrogens with zero attached hydrogens (tertiary/aromatic N) is 1. The fourth-order valence-electron chi connectivity index (χ4n) is 4.10. The van der Waals surface area contributed by atoms with Crippen LogP contribution in [0.5, 0.6) is 0 Å². The second kappa shape index (κ2) is 5.95. The van der Waals surface area contributed by atoms with Crippen LogP contribution in [0.15, 0.2) is 35.7 Å². The standard InChI is InChI=1S/C19H20ClNOS/c20-16-5-3-15(4-6-16)19(9-1-2-10-19)18(22)21-11-7-17-14(13-21)8-12-23-17/h3-6,8,12H,1-2,7,9-11,13H2. The van der Waals surface area contributed by atoms with Gasteiger partial charge in [0.05, 0.1) is 5.41 Å². The highest BCUT2D eigenvalue weighted by Crippen LogP contribution is 2.43. The predicted molar refractivity (Wildman–Crippen MR) is 95.0 cm³/mol. The van der Waals surface area contributed by atoms with Crippen LogP contribution in [0.2, 0.25) is 5.02 Å². The molecule has 0 bridgehead atoms. The van der Waals surface area contributed by atoms with Crippen molar-refractivity contribution in [3.8, 4) is 0 Å². The van der Waals surface area contributed by atoms with E-state index in [-0.39, 0.29) is 5.41 Å². The number of hydrogen-bond donors (Lipinski definition) is 0. The van der Waals surface area contributed by atoms with E-state index in [0.717, 1.165) is 55.8 Å². The third kappa shape index (κ3) is 2.60. The maximum atomic E-state index is 13.4. The average Bonchev–Trinajstić information content (AvgIpc) is 3.24. The lowest BCUT2D eigenvalue weighted by Crippen LogP contribution is -2.47. The van der Waals surface area contributed by atoms with Crippen LogP contribution in [-0.2, 0) is 23.2 Å². The monoisotopic (exact) mass is 345 g/mol. The largest absolute Gasteiger partial charge is 0.337 e. The van der Waals surface area contributed by atoms with Gasteiger partial charge >= 0.3 is 0 Å². The number of thiophene rings is 1. The second-order valence-electron chi connectivity index (χ2n) is 6.64. The first-order valence-corrected chi connectivity index (χ1v) is 9.55. The van der Waals surface area contributed by atoms with Crippen LogP contribution in [-0.4, -0.2) is 17.4 Å². The van der Waals surface area contributed by atoms with E-state index in [4.69, 9.17) is 11.6 Å². The van der Waals surface area contributed by atoms with Gasteiger partial charge in [0.1, 0.15) is 0 Å². The number of hydrogen-bond acceptors (Lipinski definition) is 2. The van der Waals surface area contributed by atoms with Crippen LogP contribution in [0.1, 0.15) is 41.7 Å². The molecule has 0 unspecified atom stereocenters.